The Morgan fingerprint density at radius 2 is 1.64 bits per heavy atom. The van der Waals surface area contributed by atoms with E-state index in [1.165, 1.54) is 0 Å². The third kappa shape index (κ3) is 8.28. The molecule has 0 radical (unpaired) electrons. The Bertz CT molecular complexity index is 1190. The monoisotopic (exact) mass is 526 g/mol. The molecule has 3 aromatic carbocycles. The molecule has 5 nitrogen and oxygen atoms in total. The van der Waals surface area contributed by atoms with Crippen LogP contribution in [0.15, 0.2) is 72.8 Å². The summed E-state index contributed by atoms with van der Waals surface area (Å²) in [6.07, 6.45) is 0.356. The highest BCUT2D eigenvalue weighted by Gasteiger charge is 2.32. The predicted molar refractivity (Wildman–Crippen MR) is 146 cm³/mol. The molecule has 0 aliphatic heterocycles. The van der Waals surface area contributed by atoms with Crippen molar-refractivity contribution < 1.29 is 14.3 Å². The lowest BCUT2D eigenvalue weighted by Gasteiger charge is -2.33. The Kier molecular flexibility index (Phi) is 9.41. The number of nitrogens with zero attached hydrogens (tertiary/aromatic N) is 1. The predicted octanol–water partition coefficient (Wildman–Crippen LogP) is 6.24. The summed E-state index contributed by atoms with van der Waals surface area (Å²) in [6, 6.07) is 21.4. The first-order valence-electron chi connectivity index (χ1n) is 11.8. The number of aryl methyl sites for hydroxylation is 1. The lowest BCUT2D eigenvalue weighted by molar-refractivity contribution is -0.143. The van der Waals surface area contributed by atoms with E-state index >= 15 is 0 Å². The van der Waals surface area contributed by atoms with E-state index in [1.807, 2.05) is 70.2 Å². The number of halogens is 2. The van der Waals surface area contributed by atoms with Gasteiger partial charge in [0.1, 0.15) is 11.8 Å². The van der Waals surface area contributed by atoms with Crippen molar-refractivity contribution in [3.05, 3.63) is 99.5 Å². The van der Waals surface area contributed by atoms with E-state index < -0.39 is 11.6 Å². The highest BCUT2D eigenvalue weighted by atomic mass is 35.5. The molecular formula is C29H32Cl2N2O3. The van der Waals surface area contributed by atoms with Gasteiger partial charge in [0, 0.05) is 28.5 Å². The van der Waals surface area contributed by atoms with Gasteiger partial charge in [-0.15, -0.1) is 0 Å². The molecule has 0 saturated heterocycles. The highest BCUT2D eigenvalue weighted by molar-refractivity contribution is 6.31. The Morgan fingerprint density at radius 1 is 0.944 bits per heavy atom. The fourth-order valence-corrected chi connectivity index (χ4v) is 4.10. The lowest BCUT2D eigenvalue weighted by atomic mass is 10.0. The molecule has 1 atom stereocenters. The van der Waals surface area contributed by atoms with E-state index in [2.05, 4.69) is 5.32 Å². The number of nitrogens with one attached hydrogen (secondary N) is 1. The first kappa shape index (κ1) is 27.6. The summed E-state index contributed by atoms with van der Waals surface area (Å²) >= 11 is 12.3. The Morgan fingerprint density at radius 3 is 2.28 bits per heavy atom. The minimum Gasteiger partial charge on any atom is -0.484 e. The van der Waals surface area contributed by atoms with Crippen LogP contribution in [0, 0.1) is 6.92 Å². The van der Waals surface area contributed by atoms with Gasteiger partial charge in [-0.25, -0.2) is 0 Å². The summed E-state index contributed by atoms with van der Waals surface area (Å²) < 4.78 is 5.82. The molecule has 0 aromatic heterocycles. The standard InChI is InChI=1S/C29H32Cl2N2O3/c1-20-15-24(13-14-25(20)31)36-19-27(34)33(18-22-11-8-12-23(30)16-22)26(28(35)32-29(2,3)4)17-21-9-6-5-7-10-21/h5-16,26H,17-19H2,1-4H3,(H,32,35). The maximum Gasteiger partial charge on any atom is 0.261 e. The molecule has 0 fully saturated rings. The molecule has 2 amide bonds. The van der Waals surface area contributed by atoms with Gasteiger partial charge in [0.05, 0.1) is 0 Å². The maximum atomic E-state index is 13.6. The van der Waals surface area contributed by atoms with Crippen LogP contribution in [-0.4, -0.2) is 34.9 Å². The minimum absolute atomic E-state index is 0.206. The number of benzene rings is 3. The van der Waals surface area contributed by atoms with Crippen molar-refractivity contribution in [2.75, 3.05) is 6.61 Å². The molecule has 0 saturated carbocycles. The summed E-state index contributed by atoms with van der Waals surface area (Å²) in [5.41, 5.74) is 2.15. The second kappa shape index (κ2) is 12.3. The Balaban J connectivity index is 1.93. The van der Waals surface area contributed by atoms with Crippen LogP contribution in [0.1, 0.15) is 37.5 Å². The third-order valence-corrected chi connectivity index (χ3v) is 6.16. The number of hydrogen-bond acceptors (Lipinski definition) is 3. The molecule has 0 bridgehead atoms. The zero-order chi connectivity index (χ0) is 26.3. The SMILES string of the molecule is Cc1cc(OCC(=O)N(Cc2cccc(Cl)c2)C(Cc2ccccc2)C(=O)NC(C)(C)C)ccc1Cl. The number of hydrogen-bond donors (Lipinski definition) is 1. The first-order valence-corrected chi connectivity index (χ1v) is 12.6. The fourth-order valence-electron chi connectivity index (χ4n) is 3.77. The normalized spacial score (nSPS) is 12.1. The van der Waals surface area contributed by atoms with Crippen LogP contribution >= 0.6 is 23.2 Å². The number of carbonyl (C=O) groups is 2. The van der Waals surface area contributed by atoms with Gasteiger partial charge < -0.3 is 15.0 Å². The molecule has 1 unspecified atom stereocenters. The highest BCUT2D eigenvalue weighted by Crippen LogP contribution is 2.22. The van der Waals surface area contributed by atoms with Gasteiger partial charge >= 0.3 is 0 Å². The smallest absolute Gasteiger partial charge is 0.261 e. The largest absolute Gasteiger partial charge is 0.484 e. The van der Waals surface area contributed by atoms with E-state index in [0.29, 0.717) is 22.2 Å². The van der Waals surface area contributed by atoms with Gasteiger partial charge in [-0.2, -0.15) is 0 Å². The Hall–Kier alpha value is -3.02. The zero-order valence-electron chi connectivity index (χ0n) is 21.1. The average molecular weight is 527 g/mol. The molecule has 7 heteroatoms. The molecule has 36 heavy (non-hydrogen) atoms. The zero-order valence-corrected chi connectivity index (χ0v) is 22.6. The van der Waals surface area contributed by atoms with Gasteiger partial charge in [-0.1, -0.05) is 65.7 Å². The second-order valence-electron chi connectivity index (χ2n) is 9.80. The molecule has 0 aliphatic rings. The van der Waals surface area contributed by atoms with Crippen molar-refractivity contribution >= 4 is 35.0 Å². The number of carbonyl (C=O) groups excluding carboxylic acids is 2. The quantitative estimate of drug-likeness (QED) is 0.359. The molecular weight excluding hydrogens is 495 g/mol. The van der Waals surface area contributed by atoms with Crippen LogP contribution < -0.4 is 10.1 Å². The molecule has 0 aliphatic carbocycles. The molecule has 1 N–H and O–H groups in total. The van der Waals surface area contributed by atoms with Crippen LogP contribution in [0.4, 0.5) is 0 Å². The van der Waals surface area contributed by atoms with Crippen molar-refractivity contribution in [1.29, 1.82) is 0 Å². The topological polar surface area (TPSA) is 58.6 Å². The average Bonchev–Trinajstić information content (AvgIpc) is 2.81. The van der Waals surface area contributed by atoms with Crippen molar-refractivity contribution in [2.24, 2.45) is 0 Å². The van der Waals surface area contributed by atoms with Gasteiger partial charge in [0.25, 0.3) is 5.91 Å². The molecule has 3 aromatic rings. The van der Waals surface area contributed by atoms with E-state index in [4.69, 9.17) is 27.9 Å². The van der Waals surface area contributed by atoms with Gasteiger partial charge in [0.15, 0.2) is 6.61 Å². The van der Waals surface area contributed by atoms with Crippen molar-refractivity contribution in [1.82, 2.24) is 10.2 Å². The molecule has 0 spiro atoms. The van der Waals surface area contributed by atoms with E-state index in [-0.39, 0.29) is 25.0 Å². The fraction of sp³-hybridized carbons (Fsp3) is 0.310. The summed E-state index contributed by atoms with van der Waals surface area (Å²) in [5.74, 6) is -0.0108. The van der Waals surface area contributed by atoms with Crippen molar-refractivity contribution in [2.45, 2.75) is 52.2 Å². The first-order chi connectivity index (χ1) is 17.0. The van der Waals surface area contributed by atoms with Crippen LogP contribution in [0.25, 0.3) is 0 Å². The van der Waals surface area contributed by atoms with Crippen LogP contribution in [0.5, 0.6) is 5.75 Å². The van der Waals surface area contributed by atoms with Gasteiger partial charge in [-0.05, 0) is 74.7 Å². The maximum absolute atomic E-state index is 13.6. The minimum atomic E-state index is -0.756. The summed E-state index contributed by atoms with van der Waals surface area (Å²) in [4.78, 5) is 28.7. The second-order valence-corrected chi connectivity index (χ2v) is 10.6. The Labute approximate surface area is 223 Å². The van der Waals surface area contributed by atoms with E-state index in [9.17, 15) is 9.59 Å². The molecule has 3 rings (SSSR count). The molecule has 0 heterocycles. The molecule has 190 valence electrons. The lowest BCUT2D eigenvalue weighted by Crippen LogP contribution is -2.55. The van der Waals surface area contributed by atoms with Crippen molar-refractivity contribution in [3.8, 4) is 5.75 Å². The van der Waals surface area contributed by atoms with Crippen LogP contribution in [-0.2, 0) is 22.6 Å². The third-order valence-electron chi connectivity index (χ3n) is 5.50. The summed E-state index contributed by atoms with van der Waals surface area (Å²) in [7, 11) is 0. The van der Waals surface area contributed by atoms with Gasteiger partial charge in [-0.3, -0.25) is 9.59 Å². The summed E-state index contributed by atoms with van der Waals surface area (Å²) in [6.45, 7) is 7.60. The van der Waals surface area contributed by atoms with Crippen molar-refractivity contribution in [3.63, 3.8) is 0 Å². The number of ether oxygens (including phenoxy) is 1. The van der Waals surface area contributed by atoms with Crippen LogP contribution in [0.2, 0.25) is 10.0 Å². The number of rotatable bonds is 9. The van der Waals surface area contributed by atoms with E-state index in [0.717, 1.165) is 16.7 Å². The van der Waals surface area contributed by atoms with E-state index in [1.54, 1.807) is 35.2 Å². The van der Waals surface area contributed by atoms with Crippen LogP contribution in [0.3, 0.4) is 0 Å². The summed E-state index contributed by atoms with van der Waals surface area (Å²) in [5, 5.41) is 4.23. The number of amides is 2. The van der Waals surface area contributed by atoms with Gasteiger partial charge in [0.2, 0.25) is 5.91 Å².